The first-order valence-electron chi connectivity index (χ1n) is 27.8. The van der Waals surface area contributed by atoms with E-state index < -0.39 is 152 Å². The molecule has 4 heterocycles. The summed E-state index contributed by atoms with van der Waals surface area (Å²) < 4.78 is 47.1. The summed E-state index contributed by atoms with van der Waals surface area (Å²) >= 11 is 0. The van der Waals surface area contributed by atoms with Crippen LogP contribution in [-0.4, -0.2) is 232 Å². The molecule has 76 heavy (non-hydrogen) atoms. The lowest BCUT2D eigenvalue weighted by molar-refractivity contribution is -0.332. The summed E-state index contributed by atoms with van der Waals surface area (Å²) in [5.41, 5.74) is -1.75. The van der Waals surface area contributed by atoms with Gasteiger partial charge in [-0.15, -0.1) is 0 Å². The first kappa shape index (κ1) is 60.9. The fraction of sp³-hybridized carbons (Fsp3) is 0.963. The molecule has 0 radical (unpaired) electrons. The summed E-state index contributed by atoms with van der Waals surface area (Å²) in [5, 5.41) is 150. The minimum atomic E-state index is -1.67. The third-order valence-electron chi connectivity index (χ3n) is 20.5. The van der Waals surface area contributed by atoms with Crippen molar-refractivity contribution < 1.29 is 109 Å². The third kappa shape index (κ3) is 11.1. The van der Waals surface area contributed by atoms with Crippen molar-refractivity contribution in [3.63, 3.8) is 0 Å². The largest absolute Gasteiger partial charge is 0.394 e. The molecule has 0 aromatic heterocycles. The van der Waals surface area contributed by atoms with Crippen molar-refractivity contribution in [3.05, 3.63) is 11.6 Å². The molecule has 440 valence electrons. The zero-order valence-corrected chi connectivity index (χ0v) is 45.4. The van der Waals surface area contributed by atoms with Gasteiger partial charge in [0.05, 0.1) is 62.5 Å². The highest BCUT2D eigenvalue weighted by molar-refractivity contribution is 5.32. The van der Waals surface area contributed by atoms with Crippen LogP contribution in [0.3, 0.4) is 0 Å². The number of allylic oxidation sites excluding steroid dienone is 1. The van der Waals surface area contributed by atoms with E-state index in [1.807, 2.05) is 0 Å². The quantitative estimate of drug-likeness (QED) is 0.0763. The molecule has 4 saturated heterocycles. The molecule has 4 aliphatic heterocycles. The second-order valence-corrected chi connectivity index (χ2v) is 25.7. The van der Waals surface area contributed by atoms with Gasteiger partial charge in [-0.05, 0) is 106 Å². The van der Waals surface area contributed by atoms with Gasteiger partial charge in [0.15, 0.2) is 25.2 Å². The molecular weight excluding hydrogens is 1000 g/mol. The second kappa shape index (κ2) is 23.3. The minimum absolute atomic E-state index is 0.0138. The van der Waals surface area contributed by atoms with Crippen LogP contribution in [0.2, 0.25) is 0 Å². The first-order chi connectivity index (χ1) is 35.5. The molecule has 28 atom stereocenters. The van der Waals surface area contributed by atoms with Crippen molar-refractivity contribution in [1.82, 2.24) is 0 Å². The molecule has 0 spiro atoms. The van der Waals surface area contributed by atoms with Gasteiger partial charge in [0, 0.05) is 17.3 Å². The fourth-order valence-electron chi connectivity index (χ4n) is 15.5. The molecule has 0 bridgehead atoms. The number of hydrogen-bond donors (Lipinski definition) is 14. The van der Waals surface area contributed by atoms with E-state index in [0.717, 1.165) is 24.8 Å². The average molecular weight is 1090 g/mol. The van der Waals surface area contributed by atoms with Crippen molar-refractivity contribution in [2.24, 2.45) is 45.3 Å². The smallest absolute Gasteiger partial charge is 0.187 e. The minimum Gasteiger partial charge on any atom is -0.394 e. The molecule has 4 aliphatic carbocycles. The van der Waals surface area contributed by atoms with Gasteiger partial charge in [-0.2, -0.15) is 0 Å². The molecule has 0 aromatic carbocycles. The Morgan fingerprint density at radius 2 is 1.29 bits per heavy atom. The van der Waals surface area contributed by atoms with Crippen LogP contribution in [0.5, 0.6) is 0 Å². The number of ether oxygens (including phenoxy) is 8. The predicted molar refractivity (Wildman–Crippen MR) is 265 cm³/mol. The molecule has 14 N–H and O–H groups in total. The standard InChI is InChI=1S/C54H92O22/c1-24(9-13-36(51(4,5)68)76-49-45(67)42(64)39(61)32(74-49)23-71-46-29(57)19-25(56)22-70-46)26-15-17-52(6)33-12-10-27-28(54(33,8)34(58)20-53(26,52)7)11-14-35(50(27,2)3)75-48-44(66)40(62)37(59)30(72-48)16-18-69-47-43(65)41(63)38(60)31(21-55)73-47/h10,24-26,28-49,55-68H,9,11-23H2,1-8H3/t24-,25+,26?,28?,29-,30-,31-,32-,33?,34-,35+,36-,37-,38-,39-,40+,41+,42+,43-,44-,45-,46+,47-,48+,49+,52+,53-,54+/m1/s1. The monoisotopic (exact) mass is 1090 g/mol. The summed E-state index contributed by atoms with van der Waals surface area (Å²) in [5.74, 6) is 0.475. The highest BCUT2D eigenvalue weighted by Gasteiger charge is 2.70. The number of hydrogen-bond acceptors (Lipinski definition) is 22. The molecule has 22 nitrogen and oxygen atoms in total. The Kier molecular flexibility index (Phi) is 18.6. The zero-order chi connectivity index (χ0) is 55.8. The Balaban J connectivity index is 0.900. The van der Waals surface area contributed by atoms with Gasteiger partial charge in [0.1, 0.15) is 73.2 Å². The normalized spacial score (nSPS) is 50.5. The summed E-state index contributed by atoms with van der Waals surface area (Å²) in [6, 6.07) is 0. The van der Waals surface area contributed by atoms with Crippen molar-refractivity contribution >= 4 is 0 Å². The molecule has 8 rings (SSSR count). The van der Waals surface area contributed by atoms with Gasteiger partial charge >= 0.3 is 0 Å². The second-order valence-electron chi connectivity index (χ2n) is 25.7. The van der Waals surface area contributed by atoms with Gasteiger partial charge in [0.25, 0.3) is 0 Å². The van der Waals surface area contributed by atoms with Gasteiger partial charge in [-0.3, -0.25) is 0 Å². The predicted octanol–water partition coefficient (Wildman–Crippen LogP) is -1.17. The van der Waals surface area contributed by atoms with Crippen LogP contribution in [0.15, 0.2) is 11.6 Å². The van der Waals surface area contributed by atoms with E-state index in [4.69, 9.17) is 37.9 Å². The summed E-state index contributed by atoms with van der Waals surface area (Å²) in [6.07, 6.45) is -19.4. The lowest BCUT2D eigenvalue weighted by atomic mass is 9.38. The molecule has 7 fully saturated rings. The lowest BCUT2D eigenvalue weighted by Crippen LogP contribution is -2.65. The zero-order valence-electron chi connectivity index (χ0n) is 45.4. The molecule has 3 saturated carbocycles. The van der Waals surface area contributed by atoms with E-state index in [0.29, 0.717) is 32.1 Å². The first-order valence-corrected chi connectivity index (χ1v) is 27.8. The highest BCUT2D eigenvalue weighted by Crippen LogP contribution is 2.75. The Hall–Kier alpha value is -1.14. The molecular formula is C54H92O22. The van der Waals surface area contributed by atoms with Crippen LogP contribution in [0.25, 0.3) is 0 Å². The van der Waals surface area contributed by atoms with E-state index in [-0.39, 0.29) is 67.2 Å². The Morgan fingerprint density at radius 1 is 0.684 bits per heavy atom. The van der Waals surface area contributed by atoms with E-state index in [1.165, 1.54) is 0 Å². The molecule has 0 amide bonds. The van der Waals surface area contributed by atoms with E-state index in [1.54, 1.807) is 13.8 Å². The summed E-state index contributed by atoms with van der Waals surface area (Å²) in [6.45, 7) is 15.4. The van der Waals surface area contributed by atoms with Gasteiger partial charge in [-0.1, -0.05) is 53.2 Å². The Bertz CT molecular complexity index is 1960. The van der Waals surface area contributed by atoms with Gasteiger partial charge < -0.3 is 109 Å². The Labute approximate surface area is 445 Å². The number of fused-ring (bicyclic) bond motifs is 5. The fourth-order valence-corrected chi connectivity index (χ4v) is 15.5. The Morgan fingerprint density at radius 3 is 1.93 bits per heavy atom. The van der Waals surface area contributed by atoms with Crippen LogP contribution in [-0.2, 0) is 37.9 Å². The summed E-state index contributed by atoms with van der Waals surface area (Å²) in [4.78, 5) is 0. The molecule has 0 aromatic rings. The third-order valence-corrected chi connectivity index (χ3v) is 20.5. The SMILES string of the molecule is C[C@H](CC[C@@H](O[C@@H]1O[C@H](CO[C@@H]2OC[C@@H](O)C[C@H]2O)[C@@H](O)[C@H](O)[C@H]1O)C(C)(C)O)C1CC[C@@]2(C)C3CC=C4C(CC[C@H](O[C@@H]5O[C@H](CCO[C@@H]6O[C@H](CO)[C@@H](O)[C@H](O)[C@H]6O)[C@@H](O)[C@H](O)[C@H]5O)C4(C)C)[C@]3(C)[C@H](O)C[C@]12C. The maximum absolute atomic E-state index is 12.7. The maximum Gasteiger partial charge on any atom is 0.187 e. The highest BCUT2D eigenvalue weighted by atomic mass is 16.7. The number of aliphatic hydroxyl groups is 14. The molecule has 8 aliphatic rings. The number of rotatable bonds is 17. The lowest BCUT2D eigenvalue weighted by Gasteiger charge is -2.67. The van der Waals surface area contributed by atoms with Crippen molar-refractivity contribution in [2.75, 3.05) is 26.4 Å². The van der Waals surface area contributed by atoms with E-state index in [2.05, 4.69) is 47.6 Å². The average Bonchev–Trinajstić information content (AvgIpc) is 3.70. The van der Waals surface area contributed by atoms with Crippen molar-refractivity contribution in [2.45, 2.75) is 254 Å². The van der Waals surface area contributed by atoms with Crippen molar-refractivity contribution in [3.8, 4) is 0 Å². The molecule has 22 heteroatoms. The van der Waals surface area contributed by atoms with E-state index in [9.17, 15) is 71.5 Å². The maximum atomic E-state index is 12.7. The number of aliphatic hydroxyl groups excluding tert-OH is 13. The molecule has 3 unspecified atom stereocenters. The van der Waals surface area contributed by atoms with E-state index >= 15 is 0 Å². The van der Waals surface area contributed by atoms with Crippen LogP contribution in [0.4, 0.5) is 0 Å². The summed E-state index contributed by atoms with van der Waals surface area (Å²) in [7, 11) is 0. The van der Waals surface area contributed by atoms with Crippen LogP contribution < -0.4 is 0 Å². The van der Waals surface area contributed by atoms with Crippen LogP contribution in [0.1, 0.15) is 120 Å². The van der Waals surface area contributed by atoms with Crippen molar-refractivity contribution in [1.29, 1.82) is 0 Å². The topological polar surface area (TPSA) is 357 Å². The van der Waals surface area contributed by atoms with Crippen LogP contribution >= 0.6 is 0 Å². The van der Waals surface area contributed by atoms with Gasteiger partial charge in [0.2, 0.25) is 0 Å². The van der Waals surface area contributed by atoms with Crippen LogP contribution in [0, 0.1) is 45.3 Å². The van der Waals surface area contributed by atoms with Gasteiger partial charge in [-0.25, -0.2) is 0 Å².